The summed E-state index contributed by atoms with van der Waals surface area (Å²) in [6, 6.07) is 6.34. The van der Waals surface area contributed by atoms with Crippen molar-refractivity contribution in [2.45, 2.75) is 12.8 Å². The molecule has 0 saturated carbocycles. The molecule has 1 heterocycles. The molecule has 1 N–H and O–H groups in total. The van der Waals surface area contributed by atoms with Gasteiger partial charge >= 0.3 is 0 Å². The van der Waals surface area contributed by atoms with Crippen LogP contribution in [-0.4, -0.2) is 25.7 Å². The normalized spacial score (nSPS) is 19.2. The molecule has 1 aliphatic heterocycles. The number of ether oxygens (including phenoxy) is 1. The molecule has 1 aromatic carbocycles. The van der Waals surface area contributed by atoms with Crippen LogP contribution in [0.2, 0.25) is 0 Å². The predicted octanol–water partition coefficient (Wildman–Crippen LogP) is 1.52. The van der Waals surface area contributed by atoms with Crippen LogP contribution in [-0.2, 0) is 16.0 Å². The van der Waals surface area contributed by atoms with E-state index in [-0.39, 0.29) is 17.6 Å². The Hall–Kier alpha value is -1.42. The van der Waals surface area contributed by atoms with E-state index in [0.717, 1.165) is 18.4 Å². The van der Waals surface area contributed by atoms with Crippen LogP contribution in [0.5, 0.6) is 0 Å². The van der Waals surface area contributed by atoms with Gasteiger partial charge in [-0.3, -0.25) is 4.79 Å². The summed E-state index contributed by atoms with van der Waals surface area (Å²) in [7, 11) is 0. The third-order valence-corrected chi connectivity index (χ3v) is 2.93. The number of rotatable bonds is 4. The number of hydrogen-bond acceptors (Lipinski definition) is 2. The molecule has 2 rings (SSSR count). The summed E-state index contributed by atoms with van der Waals surface area (Å²) in [5.74, 6) is -0.172. The van der Waals surface area contributed by atoms with Crippen molar-refractivity contribution < 1.29 is 13.9 Å². The van der Waals surface area contributed by atoms with E-state index in [9.17, 15) is 9.18 Å². The van der Waals surface area contributed by atoms with Gasteiger partial charge < -0.3 is 10.1 Å². The lowest BCUT2D eigenvalue weighted by atomic mass is 10.1. The molecule has 1 amide bonds. The van der Waals surface area contributed by atoms with Gasteiger partial charge in [-0.05, 0) is 30.5 Å². The molecule has 3 nitrogen and oxygen atoms in total. The molecule has 0 radical (unpaired) electrons. The van der Waals surface area contributed by atoms with Crippen molar-refractivity contribution in [3.05, 3.63) is 35.6 Å². The highest BCUT2D eigenvalue weighted by Gasteiger charge is 2.22. The zero-order chi connectivity index (χ0) is 12.1. The maximum atomic E-state index is 12.7. The number of carbonyl (C=O) groups is 1. The molecule has 92 valence electrons. The number of nitrogens with one attached hydrogen (secondary N) is 1. The number of carbonyl (C=O) groups excluding carboxylic acids is 1. The van der Waals surface area contributed by atoms with E-state index in [2.05, 4.69) is 5.32 Å². The quantitative estimate of drug-likeness (QED) is 0.862. The van der Waals surface area contributed by atoms with Gasteiger partial charge in [0.2, 0.25) is 5.91 Å². The minimum Gasteiger partial charge on any atom is -0.381 e. The summed E-state index contributed by atoms with van der Waals surface area (Å²) < 4.78 is 17.8. The Balaban J connectivity index is 1.72. The molecule has 1 atom stereocenters. The zero-order valence-corrected chi connectivity index (χ0v) is 9.62. The van der Waals surface area contributed by atoms with Crippen molar-refractivity contribution >= 4 is 5.91 Å². The van der Waals surface area contributed by atoms with Crippen LogP contribution in [0.25, 0.3) is 0 Å². The fourth-order valence-corrected chi connectivity index (χ4v) is 1.87. The van der Waals surface area contributed by atoms with Crippen LogP contribution >= 0.6 is 0 Å². The van der Waals surface area contributed by atoms with Crippen molar-refractivity contribution in [1.29, 1.82) is 0 Å². The van der Waals surface area contributed by atoms with Gasteiger partial charge in [0, 0.05) is 13.2 Å². The van der Waals surface area contributed by atoms with Gasteiger partial charge in [-0.1, -0.05) is 12.1 Å². The second kappa shape index (κ2) is 5.77. The Labute approximate surface area is 100.0 Å². The summed E-state index contributed by atoms with van der Waals surface area (Å²) in [4.78, 5) is 11.6. The highest BCUT2D eigenvalue weighted by Crippen LogP contribution is 2.11. The first-order chi connectivity index (χ1) is 8.25. The van der Waals surface area contributed by atoms with Crippen LogP contribution in [0.3, 0.4) is 0 Å². The first kappa shape index (κ1) is 12.0. The molecule has 0 spiro atoms. The zero-order valence-electron chi connectivity index (χ0n) is 9.62. The van der Waals surface area contributed by atoms with Crippen molar-refractivity contribution in [2.24, 2.45) is 5.92 Å². The van der Waals surface area contributed by atoms with E-state index in [0.29, 0.717) is 19.8 Å². The SMILES string of the molecule is O=C(NCCc1ccc(F)cc1)C1CCOC1. The van der Waals surface area contributed by atoms with Crippen LogP contribution in [0, 0.1) is 11.7 Å². The van der Waals surface area contributed by atoms with Gasteiger partial charge in [0.1, 0.15) is 5.82 Å². The molecule has 0 aliphatic carbocycles. The van der Waals surface area contributed by atoms with Crippen LogP contribution < -0.4 is 5.32 Å². The first-order valence-corrected chi connectivity index (χ1v) is 5.85. The van der Waals surface area contributed by atoms with E-state index in [1.165, 1.54) is 12.1 Å². The Kier molecular flexibility index (Phi) is 4.09. The Bertz CT molecular complexity index is 372. The largest absolute Gasteiger partial charge is 0.381 e. The van der Waals surface area contributed by atoms with Crippen molar-refractivity contribution in [3.8, 4) is 0 Å². The van der Waals surface area contributed by atoms with E-state index in [1.54, 1.807) is 12.1 Å². The number of amides is 1. The molecule has 4 heteroatoms. The third kappa shape index (κ3) is 3.53. The molecule has 1 fully saturated rings. The van der Waals surface area contributed by atoms with Gasteiger partial charge in [-0.2, -0.15) is 0 Å². The number of hydrogen-bond donors (Lipinski definition) is 1. The van der Waals surface area contributed by atoms with E-state index >= 15 is 0 Å². The Morgan fingerprint density at radius 2 is 2.18 bits per heavy atom. The topological polar surface area (TPSA) is 38.3 Å². The second-order valence-corrected chi connectivity index (χ2v) is 4.23. The Morgan fingerprint density at radius 3 is 2.82 bits per heavy atom. The molecular weight excluding hydrogens is 221 g/mol. The standard InChI is InChI=1S/C13H16FNO2/c14-12-3-1-10(2-4-12)5-7-15-13(16)11-6-8-17-9-11/h1-4,11H,5-9H2,(H,15,16). The number of benzene rings is 1. The fourth-order valence-electron chi connectivity index (χ4n) is 1.87. The van der Waals surface area contributed by atoms with Gasteiger partial charge in [-0.25, -0.2) is 4.39 Å². The maximum absolute atomic E-state index is 12.7. The highest BCUT2D eigenvalue weighted by atomic mass is 19.1. The van der Waals surface area contributed by atoms with Gasteiger partial charge in [0.25, 0.3) is 0 Å². The predicted molar refractivity (Wildman–Crippen MR) is 62.0 cm³/mol. The molecule has 17 heavy (non-hydrogen) atoms. The van der Waals surface area contributed by atoms with Crippen molar-refractivity contribution in [3.63, 3.8) is 0 Å². The summed E-state index contributed by atoms with van der Waals surface area (Å²) in [6.45, 7) is 1.79. The van der Waals surface area contributed by atoms with Crippen molar-refractivity contribution in [1.82, 2.24) is 5.32 Å². The van der Waals surface area contributed by atoms with Crippen LogP contribution in [0.1, 0.15) is 12.0 Å². The molecule has 1 saturated heterocycles. The molecule has 0 bridgehead atoms. The monoisotopic (exact) mass is 237 g/mol. The van der Waals surface area contributed by atoms with Crippen LogP contribution in [0.15, 0.2) is 24.3 Å². The Morgan fingerprint density at radius 1 is 1.41 bits per heavy atom. The van der Waals surface area contributed by atoms with Gasteiger partial charge in [0.05, 0.1) is 12.5 Å². The lowest BCUT2D eigenvalue weighted by Crippen LogP contribution is -2.32. The summed E-state index contributed by atoms with van der Waals surface area (Å²) in [5.41, 5.74) is 1.02. The molecule has 1 aromatic rings. The highest BCUT2D eigenvalue weighted by molar-refractivity contribution is 5.78. The summed E-state index contributed by atoms with van der Waals surface area (Å²) >= 11 is 0. The number of halogens is 1. The maximum Gasteiger partial charge on any atom is 0.225 e. The minimum absolute atomic E-state index is 0.00298. The summed E-state index contributed by atoms with van der Waals surface area (Å²) in [6.07, 6.45) is 1.53. The fraction of sp³-hybridized carbons (Fsp3) is 0.462. The second-order valence-electron chi connectivity index (χ2n) is 4.23. The molecule has 0 aromatic heterocycles. The average molecular weight is 237 g/mol. The van der Waals surface area contributed by atoms with Crippen LogP contribution in [0.4, 0.5) is 4.39 Å². The molecular formula is C13H16FNO2. The molecule has 1 unspecified atom stereocenters. The van der Waals surface area contributed by atoms with Gasteiger partial charge in [-0.15, -0.1) is 0 Å². The first-order valence-electron chi connectivity index (χ1n) is 5.85. The molecule has 1 aliphatic rings. The minimum atomic E-state index is -0.235. The smallest absolute Gasteiger partial charge is 0.225 e. The van der Waals surface area contributed by atoms with Crippen molar-refractivity contribution in [2.75, 3.05) is 19.8 Å². The summed E-state index contributed by atoms with van der Waals surface area (Å²) in [5, 5.41) is 2.88. The average Bonchev–Trinajstić information content (AvgIpc) is 2.85. The van der Waals surface area contributed by atoms with E-state index in [4.69, 9.17) is 4.74 Å². The third-order valence-electron chi connectivity index (χ3n) is 2.93. The lowest BCUT2D eigenvalue weighted by molar-refractivity contribution is -0.124. The van der Waals surface area contributed by atoms with E-state index in [1.807, 2.05) is 0 Å². The lowest BCUT2D eigenvalue weighted by Gasteiger charge is -2.09. The van der Waals surface area contributed by atoms with E-state index < -0.39 is 0 Å². The van der Waals surface area contributed by atoms with Gasteiger partial charge in [0.15, 0.2) is 0 Å².